The maximum Gasteiger partial charge on any atom is 0.335 e. The number of aromatic carboxylic acids is 1. The van der Waals surface area contributed by atoms with E-state index in [1.54, 1.807) is 28.8 Å². The summed E-state index contributed by atoms with van der Waals surface area (Å²) in [7, 11) is 1.77. The third kappa shape index (κ3) is 3.54. The monoisotopic (exact) mass is 361 g/mol. The molecule has 7 heteroatoms. The number of aromatic nitrogens is 2. The van der Waals surface area contributed by atoms with Crippen molar-refractivity contribution in [1.82, 2.24) is 14.7 Å². The van der Waals surface area contributed by atoms with Crippen molar-refractivity contribution in [1.29, 1.82) is 0 Å². The summed E-state index contributed by atoms with van der Waals surface area (Å²) in [5, 5.41) is 13.6. The molecule has 0 unspecified atom stereocenters. The van der Waals surface area contributed by atoms with E-state index in [0.29, 0.717) is 29.7 Å². The van der Waals surface area contributed by atoms with Crippen LogP contribution in [-0.4, -0.2) is 44.8 Å². The first kappa shape index (κ1) is 17.5. The van der Waals surface area contributed by atoms with Gasteiger partial charge in [0.05, 0.1) is 16.3 Å². The number of rotatable bonds is 4. The maximum atomic E-state index is 12.7. The molecule has 1 aliphatic rings. The fourth-order valence-electron chi connectivity index (χ4n) is 3.17. The van der Waals surface area contributed by atoms with Gasteiger partial charge < -0.3 is 10.0 Å². The molecular weight excluding hydrogens is 342 g/mol. The summed E-state index contributed by atoms with van der Waals surface area (Å²) < 4.78 is 1.62. The Hall–Kier alpha value is -2.34. The van der Waals surface area contributed by atoms with Crippen molar-refractivity contribution in [2.24, 2.45) is 13.0 Å². The van der Waals surface area contributed by atoms with E-state index in [0.717, 1.165) is 24.1 Å². The maximum absolute atomic E-state index is 12.7. The molecule has 2 aromatic rings. The van der Waals surface area contributed by atoms with Crippen LogP contribution >= 0.6 is 11.6 Å². The van der Waals surface area contributed by atoms with E-state index in [-0.39, 0.29) is 11.5 Å². The van der Waals surface area contributed by atoms with E-state index in [1.165, 1.54) is 0 Å². The number of amides is 1. The van der Waals surface area contributed by atoms with E-state index >= 15 is 0 Å². The van der Waals surface area contributed by atoms with Crippen LogP contribution in [0.4, 0.5) is 0 Å². The zero-order valence-corrected chi connectivity index (χ0v) is 15.0. The van der Waals surface area contributed by atoms with Gasteiger partial charge in [-0.05, 0) is 43.4 Å². The van der Waals surface area contributed by atoms with Crippen LogP contribution in [0.5, 0.6) is 0 Å². The van der Waals surface area contributed by atoms with Gasteiger partial charge in [-0.25, -0.2) is 4.79 Å². The minimum atomic E-state index is -0.924. The van der Waals surface area contributed by atoms with Crippen LogP contribution < -0.4 is 0 Å². The molecule has 1 aromatic carbocycles. The molecule has 2 heterocycles. The molecule has 132 valence electrons. The van der Waals surface area contributed by atoms with Gasteiger partial charge in [0.15, 0.2) is 5.69 Å². The smallest absolute Gasteiger partial charge is 0.335 e. The van der Waals surface area contributed by atoms with Crippen LogP contribution in [-0.2, 0) is 13.5 Å². The van der Waals surface area contributed by atoms with Crippen LogP contribution in [0.2, 0.25) is 5.02 Å². The van der Waals surface area contributed by atoms with E-state index in [2.05, 4.69) is 5.10 Å². The molecule has 6 nitrogen and oxygen atoms in total. The normalized spacial score (nSPS) is 17.1. The summed E-state index contributed by atoms with van der Waals surface area (Å²) in [6, 6.07) is 6.91. The second-order valence-corrected chi connectivity index (χ2v) is 6.86. The van der Waals surface area contributed by atoms with Crippen molar-refractivity contribution in [3.63, 3.8) is 0 Å². The van der Waals surface area contributed by atoms with Crippen molar-refractivity contribution >= 4 is 23.5 Å². The van der Waals surface area contributed by atoms with Gasteiger partial charge in [-0.3, -0.25) is 9.48 Å². The fourth-order valence-corrected chi connectivity index (χ4v) is 3.41. The van der Waals surface area contributed by atoms with Crippen molar-refractivity contribution in [3.05, 3.63) is 51.8 Å². The molecular formula is C18H20ClN3O3. The van der Waals surface area contributed by atoms with Crippen molar-refractivity contribution in [3.8, 4) is 0 Å². The first-order valence-electron chi connectivity index (χ1n) is 8.17. The fraction of sp³-hybridized carbons (Fsp3) is 0.389. The van der Waals surface area contributed by atoms with E-state index < -0.39 is 5.97 Å². The molecule has 0 aliphatic carbocycles. The Labute approximate surface area is 151 Å². The predicted octanol–water partition coefficient (Wildman–Crippen LogP) is 2.78. The minimum Gasteiger partial charge on any atom is -0.478 e. The van der Waals surface area contributed by atoms with Crippen LogP contribution in [0.3, 0.4) is 0 Å². The van der Waals surface area contributed by atoms with Gasteiger partial charge in [0.1, 0.15) is 0 Å². The topological polar surface area (TPSA) is 75.4 Å². The van der Waals surface area contributed by atoms with E-state index in [1.807, 2.05) is 19.1 Å². The molecule has 0 radical (unpaired) electrons. The molecule has 1 atom stereocenters. The van der Waals surface area contributed by atoms with Gasteiger partial charge in [-0.15, -0.1) is 0 Å². The van der Waals surface area contributed by atoms with Crippen molar-refractivity contribution in [2.75, 3.05) is 13.1 Å². The number of carboxylic acids is 1. The highest BCUT2D eigenvalue weighted by Crippen LogP contribution is 2.26. The number of hydrogen-bond donors (Lipinski definition) is 1. The lowest BCUT2D eigenvalue weighted by Crippen LogP contribution is -2.29. The third-order valence-corrected chi connectivity index (χ3v) is 5.21. The Morgan fingerprint density at radius 2 is 2.00 bits per heavy atom. The number of aryl methyl sites for hydroxylation is 1. The number of carbonyl (C=O) groups excluding carboxylic acids is 1. The third-order valence-electron chi connectivity index (χ3n) is 4.76. The first-order chi connectivity index (χ1) is 11.9. The number of carboxylic acid groups (broad SMARTS) is 1. The lowest BCUT2D eigenvalue weighted by Gasteiger charge is -2.15. The van der Waals surface area contributed by atoms with Gasteiger partial charge in [-0.1, -0.05) is 23.7 Å². The molecule has 3 rings (SSSR count). The van der Waals surface area contributed by atoms with Gasteiger partial charge in [0, 0.05) is 20.1 Å². The summed E-state index contributed by atoms with van der Waals surface area (Å²) in [6.45, 7) is 3.17. The first-order valence-corrected chi connectivity index (χ1v) is 8.55. The van der Waals surface area contributed by atoms with Gasteiger partial charge in [-0.2, -0.15) is 5.10 Å². The number of hydrogen-bond acceptors (Lipinski definition) is 3. The number of benzene rings is 1. The second kappa shape index (κ2) is 6.88. The van der Waals surface area contributed by atoms with Crippen LogP contribution in [0.25, 0.3) is 0 Å². The standard InChI is InChI=1S/C18H20ClN3O3/c1-11-15(19)16(20-21(11)2)17(23)22-8-7-13(10-22)9-12-3-5-14(6-4-12)18(24)25/h3-6,13H,7-10H2,1-2H3,(H,24,25)/t13-/m0/s1. The Bertz CT molecular complexity index is 814. The molecule has 0 bridgehead atoms. The Morgan fingerprint density at radius 3 is 2.56 bits per heavy atom. The number of carbonyl (C=O) groups is 2. The summed E-state index contributed by atoms with van der Waals surface area (Å²) in [6.07, 6.45) is 1.73. The lowest BCUT2D eigenvalue weighted by molar-refractivity contribution is 0.0696. The predicted molar refractivity (Wildman–Crippen MR) is 94.1 cm³/mol. The molecule has 25 heavy (non-hydrogen) atoms. The molecule has 0 spiro atoms. The molecule has 1 aromatic heterocycles. The van der Waals surface area contributed by atoms with Crippen molar-refractivity contribution < 1.29 is 14.7 Å². The van der Waals surface area contributed by atoms with Crippen LogP contribution in [0.15, 0.2) is 24.3 Å². The molecule has 1 saturated heterocycles. The highest BCUT2D eigenvalue weighted by molar-refractivity contribution is 6.34. The summed E-state index contributed by atoms with van der Waals surface area (Å²) in [5.41, 5.74) is 2.45. The largest absolute Gasteiger partial charge is 0.478 e. The van der Waals surface area contributed by atoms with Crippen LogP contribution in [0, 0.1) is 12.8 Å². The zero-order valence-electron chi connectivity index (χ0n) is 14.2. The molecule has 1 fully saturated rings. The van der Waals surface area contributed by atoms with E-state index in [9.17, 15) is 9.59 Å². The minimum absolute atomic E-state index is 0.127. The average Bonchev–Trinajstić information content (AvgIpc) is 3.15. The summed E-state index contributed by atoms with van der Waals surface area (Å²) in [5.74, 6) is -0.702. The lowest BCUT2D eigenvalue weighted by atomic mass is 9.98. The van der Waals surface area contributed by atoms with Crippen LogP contribution in [0.1, 0.15) is 38.5 Å². The quantitative estimate of drug-likeness (QED) is 0.908. The zero-order chi connectivity index (χ0) is 18.1. The SMILES string of the molecule is Cc1c(Cl)c(C(=O)N2CC[C@@H](Cc3ccc(C(=O)O)cc3)C2)nn1C. The van der Waals surface area contributed by atoms with Gasteiger partial charge >= 0.3 is 5.97 Å². The molecule has 0 saturated carbocycles. The highest BCUT2D eigenvalue weighted by Gasteiger charge is 2.30. The van der Waals surface area contributed by atoms with Crippen molar-refractivity contribution in [2.45, 2.75) is 19.8 Å². The second-order valence-electron chi connectivity index (χ2n) is 6.48. The Kier molecular flexibility index (Phi) is 4.81. The average molecular weight is 362 g/mol. The molecule has 1 aliphatic heterocycles. The van der Waals surface area contributed by atoms with E-state index in [4.69, 9.17) is 16.7 Å². The van der Waals surface area contributed by atoms with Gasteiger partial charge in [0.25, 0.3) is 5.91 Å². The Morgan fingerprint density at radius 1 is 1.32 bits per heavy atom. The number of nitrogens with zero attached hydrogens (tertiary/aromatic N) is 3. The molecule has 1 amide bonds. The number of likely N-dealkylation sites (tertiary alicyclic amines) is 1. The van der Waals surface area contributed by atoms with Gasteiger partial charge in [0.2, 0.25) is 0 Å². The summed E-state index contributed by atoms with van der Waals surface area (Å²) in [4.78, 5) is 25.3. The number of halogens is 1. The molecule has 1 N–H and O–H groups in total. The highest BCUT2D eigenvalue weighted by atomic mass is 35.5. The summed E-state index contributed by atoms with van der Waals surface area (Å²) >= 11 is 6.22. The Balaban J connectivity index is 1.64.